The number of allylic oxidation sites excluding steroid dienone is 2. The van der Waals surface area contributed by atoms with E-state index in [0.717, 1.165) is 19.0 Å². The lowest BCUT2D eigenvalue weighted by atomic mass is 10.0. The Balaban J connectivity index is 2.24. The van der Waals surface area contributed by atoms with Gasteiger partial charge in [-0.2, -0.15) is 0 Å². The lowest BCUT2D eigenvalue weighted by Crippen LogP contribution is -2.30. The molecule has 1 aromatic heterocycles. The number of hydrogen-bond acceptors (Lipinski definition) is 0. The highest BCUT2D eigenvalue weighted by atomic mass is 15.1. The number of rotatable bonds is 9. The Morgan fingerprint density at radius 3 is 2.79 bits per heavy atom. The summed E-state index contributed by atoms with van der Waals surface area (Å²) in [5, 5.41) is 0. The Kier molecular flexibility index (Phi) is 7.54. The van der Waals surface area contributed by atoms with E-state index in [2.05, 4.69) is 61.6 Å². The van der Waals surface area contributed by atoms with Crippen molar-refractivity contribution in [2.24, 2.45) is 5.92 Å². The van der Waals surface area contributed by atoms with Gasteiger partial charge in [0, 0.05) is 0 Å². The van der Waals surface area contributed by atoms with Gasteiger partial charge in [0.05, 0.1) is 13.1 Å². The molecular formula is C17H31N2+. The number of nitrogens with zero attached hydrogens (tertiary/aromatic N) is 2. The van der Waals surface area contributed by atoms with Crippen molar-refractivity contribution in [3.63, 3.8) is 0 Å². The normalized spacial score (nSPS) is 12.4. The third-order valence-electron chi connectivity index (χ3n) is 3.61. The van der Waals surface area contributed by atoms with Crippen LogP contribution in [0, 0.1) is 5.92 Å². The van der Waals surface area contributed by atoms with Gasteiger partial charge in [0.2, 0.25) is 6.33 Å². The summed E-state index contributed by atoms with van der Waals surface area (Å²) in [5.74, 6) is 0.807. The van der Waals surface area contributed by atoms with Gasteiger partial charge in [-0.25, -0.2) is 9.13 Å². The molecule has 0 N–H and O–H groups in total. The van der Waals surface area contributed by atoms with Crippen LogP contribution in [0.15, 0.2) is 30.4 Å². The predicted molar refractivity (Wildman–Crippen MR) is 82.0 cm³/mol. The molecule has 0 bridgehead atoms. The van der Waals surface area contributed by atoms with Crippen LogP contribution in [0.5, 0.6) is 0 Å². The topological polar surface area (TPSA) is 8.81 Å². The van der Waals surface area contributed by atoms with Gasteiger partial charge in [0.25, 0.3) is 0 Å². The molecule has 1 atom stereocenters. The van der Waals surface area contributed by atoms with Gasteiger partial charge < -0.3 is 0 Å². The number of aryl methyl sites for hydroxylation is 2. The maximum absolute atomic E-state index is 2.37. The van der Waals surface area contributed by atoms with Crippen LogP contribution >= 0.6 is 0 Å². The van der Waals surface area contributed by atoms with Crippen LogP contribution in [-0.2, 0) is 13.1 Å². The second-order valence-corrected chi connectivity index (χ2v) is 6.00. The Morgan fingerprint density at radius 1 is 1.32 bits per heavy atom. The van der Waals surface area contributed by atoms with E-state index in [-0.39, 0.29) is 0 Å². The van der Waals surface area contributed by atoms with Gasteiger partial charge in [-0.1, -0.05) is 31.9 Å². The Hall–Kier alpha value is -1.05. The molecule has 19 heavy (non-hydrogen) atoms. The average molecular weight is 263 g/mol. The molecule has 0 aromatic carbocycles. The number of unbranched alkanes of at least 4 members (excludes halogenated alkanes) is 1. The fourth-order valence-corrected chi connectivity index (χ4v) is 2.21. The molecule has 0 spiro atoms. The van der Waals surface area contributed by atoms with Crippen molar-refractivity contribution in [1.82, 2.24) is 4.57 Å². The fourth-order valence-electron chi connectivity index (χ4n) is 2.21. The lowest BCUT2D eigenvalue weighted by molar-refractivity contribution is -0.696. The highest BCUT2D eigenvalue weighted by molar-refractivity contribution is 4.92. The second-order valence-electron chi connectivity index (χ2n) is 6.00. The van der Waals surface area contributed by atoms with E-state index in [1.807, 2.05) is 0 Å². The highest BCUT2D eigenvalue weighted by Gasteiger charge is 2.06. The summed E-state index contributed by atoms with van der Waals surface area (Å²) in [6.07, 6.45) is 15.4. The minimum atomic E-state index is 0.807. The molecule has 0 aliphatic carbocycles. The van der Waals surface area contributed by atoms with Crippen LogP contribution in [0.4, 0.5) is 0 Å². The minimum absolute atomic E-state index is 0.807. The Morgan fingerprint density at radius 2 is 2.11 bits per heavy atom. The van der Waals surface area contributed by atoms with E-state index in [1.165, 1.54) is 37.7 Å². The summed E-state index contributed by atoms with van der Waals surface area (Å²) < 4.78 is 4.63. The molecule has 0 aliphatic rings. The standard InChI is InChI=1S/C17H31N2/c1-5-6-11-18-13-14-19(15-18)12-10-17(4)9-7-8-16(2)3/h8,13-15,17H,5-7,9-12H2,1-4H3/q+1/t17-/m1/s1. The monoisotopic (exact) mass is 263 g/mol. The van der Waals surface area contributed by atoms with Crippen LogP contribution < -0.4 is 4.57 Å². The van der Waals surface area contributed by atoms with E-state index >= 15 is 0 Å². The third-order valence-corrected chi connectivity index (χ3v) is 3.61. The largest absolute Gasteiger partial charge is 0.243 e. The smallest absolute Gasteiger partial charge is 0.237 e. The third kappa shape index (κ3) is 7.19. The van der Waals surface area contributed by atoms with Crippen LogP contribution in [0.1, 0.15) is 59.8 Å². The zero-order valence-corrected chi connectivity index (χ0v) is 13.2. The zero-order valence-electron chi connectivity index (χ0n) is 13.2. The molecule has 1 rings (SSSR count). The lowest BCUT2D eigenvalue weighted by Gasteiger charge is -2.08. The second kappa shape index (κ2) is 8.95. The van der Waals surface area contributed by atoms with Crippen molar-refractivity contribution in [3.05, 3.63) is 30.4 Å². The first-order valence-corrected chi connectivity index (χ1v) is 7.80. The van der Waals surface area contributed by atoms with E-state index in [1.54, 1.807) is 0 Å². The number of imidazole rings is 1. The molecule has 1 heterocycles. The summed E-state index contributed by atoms with van der Waals surface area (Å²) in [7, 11) is 0. The quantitative estimate of drug-likeness (QED) is 0.463. The fraction of sp³-hybridized carbons (Fsp3) is 0.706. The Bertz CT molecular complexity index is 372. The van der Waals surface area contributed by atoms with Gasteiger partial charge in [-0.15, -0.1) is 0 Å². The molecule has 1 aromatic rings. The number of hydrogen-bond donors (Lipinski definition) is 0. The van der Waals surface area contributed by atoms with Crippen LogP contribution in [0.25, 0.3) is 0 Å². The van der Waals surface area contributed by atoms with Crippen molar-refractivity contribution >= 4 is 0 Å². The summed E-state index contributed by atoms with van der Waals surface area (Å²) >= 11 is 0. The maximum Gasteiger partial charge on any atom is 0.243 e. The van der Waals surface area contributed by atoms with Gasteiger partial charge in [-0.3, -0.25) is 0 Å². The SMILES string of the molecule is CCCC[n+]1ccn(CC[C@H](C)CCC=C(C)C)c1. The first-order valence-electron chi connectivity index (χ1n) is 7.80. The molecule has 0 unspecified atom stereocenters. The molecule has 0 aliphatic heterocycles. The van der Waals surface area contributed by atoms with Gasteiger partial charge in [-0.05, 0) is 45.4 Å². The van der Waals surface area contributed by atoms with Crippen molar-refractivity contribution in [2.75, 3.05) is 0 Å². The van der Waals surface area contributed by atoms with Crippen molar-refractivity contribution < 1.29 is 4.57 Å². The van der Waals surface area contributed by atoms with Crippen LogP contribution in [-0.4, -0.2) is 4.57 Å². The van der Waals surface area contributed by atoms with Crippen LogP contribution in [0.2, 0.25) is 0 Å². The van der Waals surface area contributed by atoms with E-state index in [4.69, 9.17) is 0 Å². The maximum atomic E-state index is 2.37. The summed E-state index contributed by atoms with van der Waals surface area (Å²) in [6.45, 7) is 11.3. The first kappa shape index (κ1) is 16.0. The van der Waals surface area contributed by atoms with Gasteiger partial charge >= 0.3 is 0 Å². The molecule has 0 amide bonds. The zero-order chi connectivity index (χ0) is 14.1. The highest BCUT2D eigenvalue weighted by Crippen LogP contribution is 2.12. The number of aromatic nitrogens is 2. The molecular weight excluding hydrogens is 232 g/mol. The van der Waals surface area contributed by atoms with Crippen molar-refractivity contribution in [2.45, 2.75) is 72.9 Å². The molecule has 0 saturated heterocycles. The predicted octanol–water partition coefficient (Wildman–Crippen LogP) is 4.35. The van der Waals surface area contributed by atoms with E-state index in [9.17, 15) is 0 Å². The molecule has 0 radical (unpaired) electrons. The van der Waals surface area contributed by atoms with Gasteiger partial charge in [0.15, 0.2) is 0 Å². The van der Waals surface area contributed by atoms with Crippen molar-refractivity contribution in [3.8, 4) is 0 Å². The molecule has 0 fully saturated rings. The van der Waals surface area contributed by atoms with E-state index < -0.39 is 0 Å². The summed E-state index contributed by atoms with van der Waals surface area (Å²) in [6, 6.07) is 0. The minimum Gasteiger partial charge on any atom is -0.237 e. The van der Waals surface area contributed by atoms with Crippen LogP contribution in [0.3, 0.4) is 0 Å². The average Bonchev–Trinajstić information content (AvgIpc) is 2.81. The summed E-state index contributed by atoms with van der Waals surface area (Å²) in [5.41, 5.74) is 1.44. The summed E-state index contributed by atoms with van der Waals surface area (Å²) in [4.78, 5) is 0. The Labute approximate surface area is 119 Å². The molecule has 2 nitrogen and oxygen atoms in total. The molecule has 2 heteroatoms. The molecule has 0 saturated carbocycles. The van der Waals surface area contributed by atoms with Crippen molar-refractivity contribution in [1.29, 1.82) is 0 Å². The first-order chi connectivity index (χ1) is 9.11. The van der Waals surface area contributed by atoms with E-state index in [0.29, 0.717) is 0 Å². The molecule has 108 valence electrons. The van der Waals surface area contributed by atoms with Gasteiger partial charge in [0.1, 0.15) is 12.4 Å².